The number of rotatable bonds is 7. The van der Waals surface area contributed by atoms with Gasteiger partial charge in [0, 0.05) is 19.0 Å². The van der Waals surface area contributed by atoms with Crippen molar-refractivity contribution >= 4 is 12.0 Å². The molecule has 0 unspecified atom stereocenters. The van der Waals surface area contributed by atoms with Crippen LogP contribution in [0.2, 0.25) is 0 Å². The zero-order valence-corrected chi connectivity index (χ0v) is 10.4. The molecule has 0 aliphatic heterocycles. The molecule has 1 rings (SSSR count). The van der Waals surface area contributed by atoms with Crippen LogP contribution in [0.3, 0.4) is 0 Å². The first-order chi connectivity index (χ1) is 8.08. The summed E-state index contributed by atoms with van der Waals surface area (Å²) in [6.07, 6.45) is 4.72. The lowest BCUT2D eigenvalue weighted by Gasteiger charge is -2.33. The predicted octanol–water partition coefficient (Wildman–Crippen LogP) is 1.73. The number of amides is 2. The van der Waals surface area contributed by atoms with E-state index in [9.17, 15) is 9.59 Å². The summed E-state index contributed by atoms with van der Waals surface area (Å²) in [6.45, 7) is 2.80. The van der Waals surface area contributed by atoms with Crippen molar-refractivity contribution in [3.05, 3.63) is 0 Å². The van der Waals surface area contributed by atoms with E-state index in [1.807, 2.05) is 0 Å². The van der Waals surface area contributed by atoms with E-state index in [-0.39, 0.29) is 12.5 Å². The quantitative estimate of drug-likeness (QED) is 0.595. The summed E-state index contributed by atoms with van der Waals surface area (Å²) in [6, 6.07) is 0.247. The molecule has 17 heavy (non-hydrogen) atoms. The van der Waals surface area contributed by atoms with Gasteiger partial charge in [0.1, 0.15) is 0 Å². The number of aliphatic carboxylic acids is 1. The van der Waals surface area contributed by atoms with Crippen LogP contribution in [0.25, 0.3) is 0 Å². The van der Waals surface area contributed by atoms with Crippen LogP contribution >= 0.6 is 0 Å². The molecule has 2 amide bonds. The second-order valence-corrected chi connectivity index (χ2v) is 4.88. The molecule has 98 valence electrons. The first kappa shape index (κ1) is 13.8. The average molecular weight is 242 g/mol. The van der Waals surface area contributed by atoms with Crippen LogP contribution in [-0.4, -0.2) is 29.7 Å². The van der Waals surface area contributed by atoms with Gasteiger partial charge in [-0.2, -0.15) is 0 Å². The second-order valence-electron chi connectivity index (χ2n) is 4.88. The molecule has 0 heterocycles. The molecule has 5 nitrogen and oxygen atoms in total. The van der Waals surface area contributed by atoms with Crippen LogP contribution in [0.4, 0.5) is 4.79 Å². The molecule has 0 aromatic rings. The number of urea groups is 1. The molecule has 0 spiro atoms. The lowest BCUT2D eigenvalue weighted by molar-refractivity contribution is -0.137. The van der Waals surface area contributed by atoms with Gasteiger partial charge < -0.3 is 15.7 Å². The van der Waals surface area contributed by atoms with E-state index < -0.39 is 5.97 Å². The topological polar surface area (TPSA) is 78.4 Å². The van der Waals surface area contributed by atoms with Gasteiger partial charge >= 0.3 is 12.0 Å². The van der Waals surface area contributed by atoms with E-state index in [2.05, 4.69) is 17.6 Å². The van der Waals surface area contributed by atoms with E-state index in [4.69, 9.17) is 5.11 Å². The van der Waals surface area contributed by atoms with Crippen molar-refractivity contribution in [1.29, 1.82) is 0 Å². The standard InChI is InChI=1S/C12H22N2O3/c1-9-7-10(8-9)14-12(17)13-6-4-2-3-5-11(15)16/h9-10H,2-8H2,1H3,(H,15,16)(H2,13,14,17). The van der Waals surface area contributed by atoms with Crippen molar-refractivity contribution in [2.45, 2.75) is 51.5 Å². The van der Waals surface area contributed by atoms with Gasteiger partial charge in [0.2, 0.25) is 0 Å². The number of carbonyl (C=O) groups is 2. The minimum Gasteiger partial charge on any atom is -0.481 e. The highest BCUT2D eigenvalue weighted by molar-refractivity contribution is 5.74. The smallest absolute Gasteiger partial charge is 0.315 e. The van der Waals surface area contributed by atoms with Crippen molar-refractivity contribution in [2.24, 2.45) is 5.92 Å². The van der Waals surface area contributed by atoms with E-state index in [0.717, 1.165) is 31.6 Å². The van der Waals surface area contributed by atoms with E-state index >= 15 is 0 Å². The lowest BCUT2D eigenvalue weighted by atomic mass is 9.82. The Balaban J connectivity index is 1.88. The Hall–Kier alpha value is -1.26. The van der Waals surface area contributed by atoms with Gasteiger partial charge in [-0.1, -0.05) is 13.3 Å². The average Bonchev–Trinajstić information content (AvgIpc) is 2.20. The number of carboxylic acids is 1. The van der Waals surface area contributed by atoms with Gasteiger partial charge in [0.15, 0.2) is 0 Å². The molecule has 1 saturated carbocycles. The highest BCUT2D eigenvalue weighted by Crippen LogP contribution is 2.25. The highest BCUT2D eigenvalue weighted by atomic mass is 16.4. The number of hydrogen-bond acceptors (Lipinski definition) is 2. The number of unbranched alkanes of at least 4 members (excludes halogenated alkanes) is 2. The van der Waals surface area contributed by atoms with Gasteiger partial charge in [0.25, 0.3) is 0 Å². The van der Waals surface area contributed by atoms with Crippen molar-refractivity contribution in [3.8, 4) is 0 Å². The molecule has 3 N–H and O–H groups in total. The zero-order valence-electron chi connectivity index (χ0n) is 10.4. The summed E-state index contributed by atoms with van der Waals surface area (Å²) in [5.74, 6) is -0.0221. The van der Waals surface area contributed by atoms with Crippen LogP contribution in [-0.2, 0) is 4.79 Å². The summed E-state index contributed by atoms with van der Waals surface area (Å²) in [4.78, 5) is 21.6. The molecule has 1 aliphatic carbocycles. The van der Waals surface area contributed by atoms with Crippen LogP contribution in [0.1, 0.15) is 45.4 Å². The highest BCUT2D eigenvalue weighted by Gasteiger charge is 2.26. The third kappa shape index (κ3) is 6.14. The van der Waals surface area contributed by atoms with Crippen LogP contribution in [0.5, 0.6) is 0 Å². The largest absolute Gasteiger partial charge is 0.481 e. The number of hydrogen-bond donors (Lipinski definition) is 3. The molecule has 0 saturated heterocycles. The molecule has 1 aliphatic rings. The fourth-order valence-corrected chi connectivity index (χ4v) is 2.04. The maximum atomic E-state index is 11.4. The monoisotopic (exact) mass is 242 g/mol. The fraction of sp³-hybridized carbons (Fsp3) is 0.833. The number of carbonyl (C=O) groups excluding carboxylic acids is 1. The summed E-state index contributed by atoms with van der Waals surface area (Å²) in [5.41, 5.74) is 0. The van der Waals surface area contributed by atoms with Gasteiger partial charge in [-0.25, -0.2) is 4.79 Å². The van der Waals surface area contributed by atoms with Crippen LogP contribution in [0.15, 0.2) is 0 Å². The van der Waals surface area contributed by atoms with E-state index in [1.165, 1.54) is 0 Å². The summed E-state index contributed by atoms with van der Waals surface area (Å²) < 4.78 is 0. The normalized spacial score (nSPS) is 22.6. The Kier molecular flexibility index (Phi) is 5.80. The van der Waals surface area contributed by atoms with Crippen LogP contribution < -0.4 is 10.6 Å². The molecule has 0 aromatic carbocycles. The third-order valence-corrected chi connectivity index (χ3v) is 3.06. The number of carboxylic acid groups (broad SMARTS) is 1. The Morgan fingerprint density at radius 1 is 1.24 bits per heavy atom. The predicted molar refractivity (Wildman–Crippen MR) is 64.8 cm³/mol. The van der Waals surface area contributed by atoms with Gasteiger partial charge in [-0.05, 0) is 31.6 Å². The Bertz CT molecular complexity index is 262. The van der Waals surface area contributed by atoms with Crippen molar-refractivity contribution in [3.63, 3.8) is 0 Å². The zero-order chi connectivity index (χ0) is 12.7. The van der Waals surface area contributed by atoms with Crippen molar-refractivity contribution in [2.75, 3.05) is 6.54 Å². The van der Waals surface area contributed by atoms with Gasteiger partial charge in [0.05, 0.1) is 0 Å². The molecule has 0 atom stereocenters. The van der Waals surface area contributed by atoms with Crippen molar-refractivity contribution in [1.82, 2.24) is 10.6 Å². The molecule has 0 aromatic heterocycles. The Morgan fingerprint density at radius 2 is 1.94 bits per heavy atom. The molecular weight excluding hydrogens is 220 g/mol. The maximum absolute atomic E-state index is 11.4. The SMILES string of the molecule is CC1CC(NC(=O)NCCCCCC(=O)O)C1. The Labute approximate surface area is 102 Å². The molecular formula is C12H22N2O3. The van der Waals surface area contributed by atoms with E-state index in [1.54, 1.807) is 0 Å². The van der Waals surface area contributed by atoms with E-state index in [0.29, 0.717) is 19.0 Å². The Morgan fingerprint density at radius 3 is 2.53 bits per heavy atom. The number of nitrogens with one attached hydrogen (secondary N) is 2. The molecule has 0 radical (unpaired) electrons. The first-order valence-electron chi connectivity index (χ1n) is 6.34. The lowest BCUT2D eigenvalue weighted by Crippen LogP contribution is -2.47. The fourth-order valence-electron chi connectivity index (χ4n) is 2.04. The third-order valence-electron chi connectivity index (χ3n) is 3.06. The summed E-state index contributed by atoms with van der Waals surface area (Å²) >= 11 is 0. The summed E-state index contributed by atoms with van der Waals surface area (Å²) in [5, 5.41) is 14.1. The molecule has 1 fully saturated rings. The molecule has 5 heteroatoms. The minimum absolute atomic E-state index is 0.0971. The minimum atomic E-state index is -0.755. The maximum Gasteiger partial charge on any atom is 0.315 e. The summed E-state index contributed by atoms with van der Waals surface area (Å²) in [7, 11) is 0. The molecule has 0 bridgehead atoms. The van der Waals surface area contributed by atoms with Gasteiger partial charge in [-0.3, -0.25) is 4.79 Å². The first-order valence-corrected chi connectivity index (χ1v) is 6.34. The second kappa shape index (κ2) is 7.14. The van der Waals surface area contributed by atoms with Gasteiger partial charge in [-0.15, -0.1) is 0 Å². The van der Waals surface area contributed by atoms with Crippen LogP contribution in [0, 0.1) is 5.92 Å². The van der Waals surface area contributed by atoms with Crippen molar-refractivity contribution < 1.29 is 14.7 Å².